The van der Waals surface area contributed by atoms with Crippen LogP contribution in [0.5, 0.6) is 5.75 Å². The molecule has 1 fully saturated rings. The third-order valence-corrected chi connectivity index (χ3v) is 5.83. The number of thioether (sulfide) groups is 1. The van der Waals surface area contributed by atoms with Crippen LogP contribution in [-0.4, -0.2) is 31.2 Å². The molecule has 0 atom stereocenters. The predicted molar refractivity (Wildman–Crippen MR) is 112 cm³/mol. The van der Waals surface area contributed by atoms with Crippen LogP contribution in [-0.2, 0) is 6.61 Å². The van der Waals surface area contributed by atoms with E-state index in [1.54, 1.807) is 12.1 Å². The summed E-state index contributed by atoms with van der Waals surface area (Å²) < 4.78 is 7.81. The fourth-order valence-electron chi connectivity index (χ4n) is 2.89. The molecule has 1 heterocycles. The molecule has 0 N–H and O–H groups in total. The summed E-state index contributed by atoms with van der Waals surface area (Å²) in [6.07, 6.45) is 2.06. The maximum atomic E-state index is 12.5. The summed E-state index contributed by atoms with van der Waals surface area (Å²) in [5.74, 6) is 1.29. The number of ether oxygens (including phenoxy) is 1. The first-order valence-electron chi connectivity index (χ1n) is 9.24. The van der Waals surface area contributed by atoms with Crippen LogP contribution in [0.4, 0.5) is 5.69 Å². The zero-order chi connectivity index (χ0) is 21.1. The molecule has 0 spiro atoms. The number of Topliss-reactive ketones (excluding diaryl/α,β-unsaturated/α-hetero) is 1. The SMILES string of the molecule is O=C(CSc1nnc(COc2ccccc2Cl)n1C1CC1)c1ccc([N+](=O)[O-])cc1. The largest absolute Gasteiger partial charge is 0.484 e. The number of nitrogens with zero attached hydrogens (tertiary/aromatic N) is 4. The van der Waals surface area contributed by atoms with Gasteiger partial charge in [0, 0.05) is 23.7 Å². The number of halogens is 1. The van der Waals surface area contributed by atoms with Gasteiger partial charge in [0.1, 0.15) is 12.4 Å². The highest BCUT2D eigenvalue weighted by molar-refractivity contribution is 7.99. The van der Waals surface area contributed by atoms with Crippen LogP contribution in [0.1, 0.15) is 35.1 Å². The number of ketones is 1. The summed E-state index contributed by atoms with van der Waals surface area (Å²) in [6, 6.07) is 13.1. The molecule has 1 saturated carbocycles. The van der Waals surface area contributed by atoms with Crippen molar-refractivity contribution in [2.24, 2.45) is 0 Å². The number of hydrogen-bond donors (Lipinski definition) is 0. The average molecular weight is 445 g/mol. The van der Waals surface area contributed by atoms with Crippen molar-refractivity contribution in [3.8, 4) is 5.75 Å². The number of carbonyl (C=O) groups is 1. The van der Waals surface area contributed by atoms with Crippen LogP contribution in [0, 0.1) is 10.1 Å². The lowest BCUT2D eigenvalue weighted by Gasteiger charge is -2.10. The van der Waals surface area contributed by atoms with Crippen molar-refractivity contribution >= 4 is 34.8 Å². The van der Waals surface area contributed by atoms with Crippen molar-refractivity contribution in [3.05, 3.63) is 75.1 Å². The van der Waals surface area contributed by atoms with Gasteiger partial charge in [0.15, 0.2) is 16.8 Å². The Labute approximate surface area is 181 Å². The Balaban J connectivity index is 1.42. The molecule has 8 nitrogen and oxygen atoms in total. The summed E-state index contributed by atoms with van der Waals surface area (Å²) in [5, 5.41) is 20.4. The van der Waals surface area contributed by atoms with E-state index in [9.17, 15) is 14.9 Å². The lowest BCUT2D eigenvalue weighted by molar-refractivity contribution is -0.384. The first-order valence-corrected chi connectivity index (χ1v) is 10.6. The Morgan fingerprint density at radius 2 is 1.93 bits per heavy atom. The van der Waals surface area contributed by atoms with Crippen LogP contribution in [0.25, 0.3) is 0 Å². The second-order valence-electron chi connectivity index (χ2n) is 6.73. The highest BCUT2D eigenvalue weighted by Gasteiger charge is 2.30. The lowest BCUT2D eigenvalue weighted by Crippen LogP contribution is -2.08. The van der Waals surface area contributed by atoms with Crippen LogP contribution >= 0.6 is 23.4 Å². The predicted octanol–water partition coefficient (Wildman–Crippen LogP) is 4.73. The number of nitro groups is 1. The number of rotatable bonds is 9. The molecular formula is C20H17ClN4O4S. The molecule has 30 heavy (non-hydrogen) atoms. The fraction of sp³-hybridized carbons (Fsp3) is 0.250. The number of carbonyl (C=O) groups excluding carboxylic acids is 1. The molecule has 0 aliphatic heterocycles. The molecule has 154 valence electrons. The average Bonchev–Trinajstić information content (AvgIpc) is 3.51. The Kier molecular flexibility index (Phi) is 6.01. The third-order valence-electron chi connectivity index (χ3n) is 4.57. The van der Waals surface area contributed by atoms with E-state index in [-0.39, 0.29) is 23.8 Å². The smallest absolute Gasteiger partial charge is 0.269 e. The number of hydrogen-bond acceptors (Lipinski definition) is 7. The van der Waals surface area contributed by atoms with Gasteiger partial charge in [-0.25, -0.2) is 0 Å². The number of nitro benzene ring substituents is 1. The van der Waals surface area contributed by atoms with Gasteiger partial charge >= 0.3 is 0 Å². The van der Waals surface area contributed by atoms with Crippen LogP contribution < -0.4 is 4.74 Å². The van der Waals surface area contributed by atoms with E-state index in [4.69, 9.17) is 16.3 Å². The van der Waals surface area contributed by atoms with Gasteiger partial charge in [-0.2, -0.15) is 0 Å². The third kappa shape index (κ3) is 4.63. The maximum Gasteiger partial charge on any atom is 0.269 e. The van der Waals surface area contributed by atoms with Crippen molar-refractivity contribution in [1.29, 1.82) is 0 Å². The Bertz CT molecular complexity index is 1080. The molecule has 1 aliphatic rings. The van der Waals surface area contributed by atoms with E-state index < -0.39 is 4.92 Å². The normalized spacial score (nSPS) is 13.2. The Morgan fingerprint density at radius 3 is 2.60 bits per heavy atom. The van der Waals surface area contributed by atoms with Gasteiger partial charge in [0.25, 0.3) is 5.69 Å². The molecular weight excluding hydrogens is 428 g/mol. The van der Waals surface area contributed by atoms with E-state index in [0.29, 0.717) is 33.4 Å². The molecule has 1 aliphatic carbocycles. The van der Waals surface area contributed by atoms with Gasteiger partial charge < -0.3 is 4.74 Å². The quantitative estimate of drug-likeness (QED) is 0.203. The maximum absolute atomic E-state index is 12.5. The molecule has 4 rings (SSSR count). The molecule has 10 heteroatoms. The molecule has 0 amide bonds. The van der Waals surface area contributed by atoms with Crippen LogP contribution in [0.3, 0.4) is 0 Å². The Morgan fingerprint density at radius 1 is 1.20 bits per heavy atom. The topological polar surface area (TPSA) is 100 Å². The fourth-order valence-corrected chi connectivity index (χ4v) is 4.00. The lowest BCUT2D eigenvalue weighted by atomic mass is 10.1. The van der Waals surface area contributed by atoms with Gasteiger partial charge in [-0.1, -0.05) is 35.5 Å². The minimum atomic E-state index is -0.493. The number of para-hydroxylation sites is 1. The van der Waals surface area contributed by atoms with Crippen LogP contribution in [0.2, 0.25) is 5.02 Å². The van der Waals surface area contributed by atoms with Crippen molar-refractivity contribution in [2.75, 3.05) is 5.75 Å². The van der Waals surface area contributed by atoms with Gasteiger partial charge in [0.2, 0.25) is 0 Å². The highest BCUT2D eigenvalue weighted by atomic mass is 35.5. The molecule has 1 aromatic heterocycles. The van der Waals surface area contributed by atoms with E-state index >= 15 is 0 Å². The van der Waals surface area contributed by atoms with Crippen molar-refractivity contribution < 1.29 is 14.5 Å². The summed E-state index contributed by atoms with van der Waals surface area (Å²) in [7, 11) is 0. The zero-order valence-corrected chi connectivity index (χ0v) is 17.3. The standard InChI is InChI=1S/C20H17ClN4O4S/c21-16-3-1-2-4-18(16)29-11-19-22-23-20(24(19)14-9-10-14)30-12-17(26)13-5-7-15(8-6-13)25(27)28/h1-8,14H,9-12H2. The molecule has 3 aromatic rings. The molecule has 0 unspecified atom stereocenters. The first-order chi connectivity index (χ1) is 14.5. The number of aromatic nitrogens is 3. The summed E-state index contributed by atoms with van der Waals surface area (Å²) in [6.45, 7) is 0.226. The second kappa shape index (κ2) is 8.85. The molecule has 2 aromatic carbocycles. The zero-order valence-electron chi connectivity index (χ0n) is 15.7. The summed E-state index contributed by atoms with van der Waals surface area (Å²) in [5.41, 5.74) is 0.378. The van der Waals surface area contributed by atoms with Gasteiger partial charge in [-0.05, 0) is 37.1 Å². The first kappa shape index (κ1) is 20.4. The Hall–Kier alpha value is -2.91. The van der Waals surface area contributed by atoms with Gasteiger partial charge in [-0.15, -0.1) is 10.2 Å². The summed E-state index contributed by atoms with van der Waals surface area (Å²) >= 11 is 7.43. The number of non-ortho nitro benzene ring substituents is 1. The van der Waals surface area contributed by atoms with Gasteiger partial charge in [-0.3, -0.25) is 19.5 Å². The second-order valence-corrected chi connectivity index (χ2v) is 8.08. The van der Waals surface area contributed by atoms with Gasteiger partial charge in [0.05, 0.1) is 15.7 Å². The van der Waals surface area contributed by atoms with E-state index in [0.717, 1.165) is 12.8 Å². The minimum absolute atomic E-state index is 0.0455. The van der Waals surface area contributed by atoms with Crippen molar-refractivity contribution in [2.45, 2.75) is 30.6 Å². The van der Waals surface area contributed by atoms with E-state index in [2.05, 4.69) is 10.2 Å². The minimum Gasteiger partial charge on any atom is -0.484 e. The summed E-state index contributed by atoms with van der Waals surface area (Å²) in [4.78, 5) is 22.7. The van der Waals surface area contributed by atoms with Crippen molar-refractivity contribution in [3.63, 3.8) is 0 Å². The van der Waals surface area contributed by atoms with Crippen molar-refractivity contribution in [1.82, 2.24) is 14.8 Å². The molecule has 0 saturated heterocycles. The molecule has 0 radical (unpaired) electrons. The highest BCUT2D eigenvalue weighted by Crippen LogP contribution is 2.39. The number of benzene rings is 2. The monoisotopic (exact) mass is 444 g/mol. The van der Waals surface area contributed by atoms with E-state index in [1.807, 2.05) is 16.7 Å². The van der Waals surface area contributed by atoms with E-state index in [1.165, 1.54) is 36.0 Å². The van der Waals surface area contributed by atoms with Crippen LogP contribution in [0.15, 0.2) is 53.7 Å². The molecule has 0 bridgehead atoms.